The summed E-state index contributed by atoms with van der Waals surface area (Å²) in [6.45, 7) is 9.44. The monoisotopic (exact) mass is 463 g/mol. The third kappa shape index (κ3) is 4.65. The van der Waals surface area contributed by atoms with Crippen LogP contribution in [0.5, 0.6) is 0 Å². The molecule has 0 fully saturated rings. The number of nitriles is 1. The molecule has 1 atom stereocenters. The molecule has 0 N–H and O–H groups in total. The molecule has 176 valence electrons. The van der Waals surface area contributed by atoms with Crippen LogP contribution >= 0.6 is 0 Å². The van der Waals surface area contributed by atoms with Gasteiger partial charge < -0.3 is 4.99 Å². The highest BCUT2D eigenvalue weighted by atomic mass is 15.3. The normalized spacial score (nSPS) is 16.1. The van der Waals surface area contributed by atoms with Crippen molar-refractivity contribution in [2.45, 2.75) is 39.7 Å². The van der Waals surface area contributed by atoms with Gasteiger partial charge in [-0.2, -0.15) is 15.5 Å². The summed E-state index contributed by atoms with van der Waals surface area (Å²) in [5.74, 6) is 0.101. The van der Waals surface area contributed by atoms with Gasteiger partial charge in [0.15, 0.2) is 0 Å². The molecule has 1 aromatic carbocycles. The van der Waals surface area contributed by atoms with E-state index >= 15 is 0 Å². The fourth-order valence-electron chi connectivity index (χ4n) is 4.79. The summed E-state index contributed by atoms with van der Waals surface area (Å²) in [6.07, 6.45) is 14.3. The van der Waals surface area contributed by atoms with E-state index in [2.05, 4.69) is 78.4 Å². The first-order chi connectivity index (χ1) is 17.0. The second kappa shape index (κ2) is 9.30. The maximum atomic E-state index is 9.24. The number of aromatic nitrogens is 5. The molecule has 3 heterocycles. The van der Waals surface area contributed by atoms with Crippen LogP contribution in [-0.2, 0) is 6.54 Å². The Bertz CT molecular complexity index is 1430. The van der Waals surface area contributed by atoms with Crippen molar-refractivity contribution >= 4 is 17.8 Å². The number of fused-ring (bicyclic) bond motifs is 1. The van der Waals surface area contributed by atoms with Crippen molar-refractivity contribution in [2.75, 3.05) is 6.54 Å². The largest absolute Gasteiger partial charge is 0.300 e. The van der Waals surface area contributed by atoms with E-state index in [0.29, 0.717) is 6.54 Å². The Morgan fingerprint density at radius 2 is 1.94 bits per heavy atom. The van der Waals surface area contributed by atoms with Crippen LogP contribution in [0, 0.1) is 22.7 Å². The van der Waals surface area contributed by atoms with Crippen molar-refractivity contribution in [3.05, 3.63) is 67.0 Å². The predicted molar refractivity (Wildman–Crippen MR) is 139 cm³/mol. The van der Waals surface area contributed by atoms with Crippen molar-refractivity contribution in [3.8, 4) is 28.3 Å². The second-order valence-electron chi connectivity index (χ2n) is 10.0. The van der Waals surface area contributed by atoms with Gasteiger partial charge in [-0.1, -0.05) is 44.2 Å². The van der Waals surface area contributed by atoms with E-state index in [0.717, 1.165) is 59.3 Å². The van der Waals surface area contributed by atoms with E-state index in [4.69, 9.17) is 4.98 Å². The van der Waals surface area contributed by atoms with Gasteiger partial charge in [0.05, 0.1) is 35.6 Å². The quantitative estimate of drug-likeness (QED) is 0.329. The van der Waals surface area contributed by atoms with Crippen LogP contribution in [-0.4, -0.2) is 37.6 Å². The molecule has 0 saturated carbocycles. The highest BCUT2D eigenvalue weighted by molar-refractivity contribution is 5.89. The highest BCUT2D eigenvalue weighted by Gasteiger charge is 2.21. The lowest BCUT2D eigenvalue weighted by Crippen LogP contribution is -2.23. The van der Waals surface area contributed by atoms with Crippen LogP contribution in [0.25, 0.3) is 33.3 Å². The zero-order chi connectivity index (χ0) is 24.4. The van der Waals surface area contributed by atoms with Gasteiger partial charge in [-0.3, -0.25) is 9.67 Å². The molecule has 0 aliphatic heterocycles. The fourth-order valence-corrected chi connectivity index (χ4v) is 4.79. The molecule has 1 aliphatic carbocycles. The number of benzene rings is 1. The van der Waals surface area contributed by atoms with E-state index < -0.39 is 0 Å². The van der Waals surface area contributed by atoms with Gasteiger partial charge in [-0.25, -0.2) is 4.52 Å². The van der Waals surface area contributed by atoms with Gasteiger partial charge in [0.1, 0.15) is 0 Å². The molecule has 1 aliphatic rings. The van der Waals surface area contributed by atoms with Gasteiger partial charge >= 0.3 is 0 Å². The number of hydrogen-bond acceptors (Lipinski definition) is 5. The Morgan fingerprint density at radius 1 is 1.14 bits per heavy atom. The van der Waals surface area contributed by atoms with E-state index in [-0.39, 0.29) is 11.3 Å². The molecule has 0 bridgehead atoms. The van der Waals surface area contributed by atoms with E-state index in [1.807, 2.05) is 27.8 Å². The summed E-state index contributed by atoms with van der Waals surface area (Å²) in [4.78, 5) is 8.76. The number of allylic oxidation sites excluding steroid dienone is 2. The van der Waals surface area contributed by atoms with Crippen LogP contribution in [0.4, 0.5) is 0 Å². The Balaban J connectivity index is 1.43. The molecule has 7 heteroatoms. The second-order valence-corrected chi connectivity index (χ2v) is 10.0. The maximum absolute atomic E-state index is 9.24. The van der Waals surface area contributed by atoms with Gasteiger partial charge in [0.2, 0.25) is 0 Å². The standard InChI is InChI=1S/C28H29N7/c1-28(2,18-30-3)19-34-17-24(15-32-34)21-8-10-22(11-9-21)25-16-33-35-13-12-31-26(27(25)35)23-6-4-20(14-29)5-7-23/h6,8-13,15-17,20H,3-5,7,18-19H2,1-2H3. The molecule has 1 unspecified atom stereocenters. The predicted octanol–water partition coefficient (Wildman–Crippen LogP) is 5.69. The number of aliphatic imine (C=N–C) groups is 1. The van der Waals surface area contributed by atoms with Crippen molar-refractivity contribution in [1.29, 1.82) is 5.26 Å². The Hall–Kier alpha value is -4.05. The minimum absolute atomic E-state index is 0.00738. The molecule has 35 heavy (non-hydrogen) atoms. The Labute approximate surface area is 205 Å². The number of hydrogen-bond donors (Lipinski definition) is 0. The summed E-state index contributed by atoms with van der Waals surface area (Å²) in [5, 5.41) is 18.4. The van der Waals surface area contributed by atoms with Gasteiger partial charge in [-0.05, 0) is 42.7 Å². The molecule has 5 rings (SSSR count). The number of rotatable bonds is 7. The minimum Gasteiger partial charge on any atom is -0.300 e. The maximum Gasteiger partial charge on any atom is 0.0999 e. The van der Waals surface area contributed by atoms with E-state index in [1.54, 1.807) is 6.20 Å². The zero-order valence-electron chi connectivity index (χ0n) is 20.2. The molecule has 0 spiro atoms. The highest BCUT2D eigenvalue weighted by Crippen LogP contribution is 2.35. The molecule has 0 saturated heterocycles. The SMILES string of the molecule is C=NCC(C)(C)Cn1cc(-c2ccc(-c3cnn4ccnc(C5=CCC(C#N)CC5)c34)cc2)cn1. The Morgan fingerprint density at radius 3 is 2.66 bits per heavy atom. The third-order valence-corrected chi connectivity index (χ3v) is 6.62. The van der Waals surface area contributed by atoms with Crippen LogP contribution in [0.3, 0.4) is 0 Å². The van der Waals surface area contributed by atoms with Crippen LogP contribution in [0.1, 0.15) is 38.8 Å². The average molecular weight is 464 g/mol. The zero-order valence-corrected chi connectivity index (χ0v) is 20.2. The van der Waals surface area contributed by atoms with Crippen molar-refractivity contribution < 1.29 is 0 Å². The first-order valence-corrected chi connectivity index (χ1v) is 11.9. The average Bonchev–Trinajstić information content (AvgIpc) is 3.51. The summed E-state index contributed by atoms with van der Waals surface area (Å²) < 4.78 is 3.87. The minimum atomic E-state index is 0.00738. The molecular weight excluding hydrogens is 434 g/mol. The third-order valence-electron chi connectivity index (χ3n) is 6.62. The van der Waals surface area contributed by atoms with Gasteiger partial charge in [-0.15, -0.1) is 0 Å². The molecular formula is C28H29N7. The summed E-state index contributed by atoms with van der Waals surface area (Å²) in [7, 11) is 0. The first kappa shape index (κ1) is 22.7. The van der Waals surface area contributed by atoms with E-state index in [1.165, 1.54) is 5.57 Å². The van der Waals surface area contributed by atoms with Crippen molar-refractivity contribution in [1.82, 2.24) is 24.4 Å². The fraction of sp³-hybridized carbons (Fsp3) is 0.321. The van der Waals surface area contributed by atoms with Crippen molar-refractivity contribution in [3.63, 3.8) is 0 Å². The first-order valence-electron chi connectivity index (χ1n) is 11.9. The smallest absolute Gasteiger partial charge is 0.0999 e. The summed E-state index contributed by atoms with van der Waals surface area (Å²) in [5.41, 5.74) is 7.52. The molecule has 7 nitrogen and oxygen atoms in total. The molecule has 0 radical (unpaired) electrons. The van der Waals surface area contributed by atoms with Gasteiger partial charge in [0.25, 0.3) is 0 Å². The van der Waals surface area contributed by atoms with Crippen molar-refractivity contribution in [2.24, 2.45) is 16.3 Å². The van der Waals surface area contributed by atoms with E-state index in [9.17, 15) is 5.26 Å². The molecule has 3 aromatic heterocycles. The molecule has 0 amide bonds. The Kier molecular flexibility index (Phi) is 6.04. The number of nitrogens with zero attached hydrogens (tertiary/aromatic N) is 7. The van der Waals surface area contributed by atoms with Crippen LogP contribution < -0.4 is 0 Å². The lowest BCUT2D eigenvalue weighted by molar-refractivity contribution is 0.303. The summed E-state index contributed by atoms with van der Waals surface area (Å²) >= 11 is 0. The lowest BCUT2D eigenvalue weighted by atomic mass is 9.88. The van der Waals surface area contributed by atoms with Crippen LogP contribution in [0.15, 0.2) is 66.3 Å². The summed E-state index contributed by atoms with van der Waals surface area (Å²) in [6, 6.07) is 10.9. The molecule has 4 aromatic rings. The lowest BCUT2D eigenvalue weighted by Gasteiger charge is -2.21. The van der Waals surface area contributed by atoms with Crippen LogP contribution in [0.2, 0.25) is 0 Å². The van der Waals surface area contributed by atoms with Gasteiger partial charge in [0, 0.05) is 48.2 Å². The topological polar surface area (TPSA) is 84.2 Å².